The zero-order valence-corrected chi connectivity index (χ0v) is 13.2. The van der Waals surface area contributed by atoms with Gasteiger partial charge in [-0.1, -0.05) is 35.3 Å². The summed E-state index contributed by atoms with van der Waals surface area (Å²) in [7, 11) is 0. The van der Waals surface area contributed by atoms with Gasteiger partial charge in [-0.3, -0.25) is 10.5 Å². The summed E-state index contributed by atoms with van der Waals surface area (Å²) in [6.45, 7) is 6.06. The van der Waals surface area contributed by atoms with Crippen LogP contribution in [-0.4, -0.2) is 9.78 Å². The minimum atomic E-state index is -0.233. The van der Waals surface area contributed by atoms with E-state index in [1.807, 2.05) is 43.7 Å². The quantitative estimate of drug-likeness (QED) is 0.669. The normalized spacial score (nSPS) is 12.9. The summed E-state index contributed by atoms with van der Waals surface area (Å²) in [6, 6.07) is 5.76. The standard InChI is InChI=1S/C14H18Cl2N4/c1-8(2)20-14(12(16)7-18-20)13(19-17)10-4-5-11(15)9(3)6-10/h4-8,13,19H,17H2,1-3H3. The van der Waals surface area contributed by atoms with Crippen molar-refractivity contribution < 1.29 is 0 Å². The van der Waals surface area contributed by atoms with Gasteiger partial charge in [0.2, 0.25) is 0 Å². The Balaban J connectivity index is 2.52. The third kappa shape index (κ3) is 2.83. The zero-order valence-electron chi connectivity index (χ0n) is 11.7. The first-order valence-electron chi connectivity index (χ1n) is 6.40. The molecule has 1 unspecified atom stereocenters. The lowest BCUT2D eigenvalue weighted by Crippen LogP contribution is -2.31. The minimum Gasteiger partial charge on any atom is -0.271 e. The van der Waals surface area contributed by atoms with E-state index < -0.39 is 0 Å². The number of benzene rings is 1. The van der Waals surface area contributed by atoms with Crippen molar-refractivity contribution in [1.29, 1.82) is 0 Å². The molecule has 6 heteroatoms. The molecule has 1 atom stereocenters. The van der Waals surface area contributed by atoms with Crippen LogP contribution in [0.1, 0.15) is 42.8 Å². The molecule has 0 fully saturated rings. The summed E-state index contributed by atoms with van der Waals surface area (Å²) in [5.41, 5.74) is 5.66. The molecule has 2 aromatic rings. The second-order valence-electron chi connectivity index (χ2n) is 5.02. The summed E-state index contributed by atoms with van der Waals surface area (Å²) in [6.07, 6.45) is 1.64. The molecule has 0 radical (unpaired) electrons. The monoisotopic (exact) mass is 312 g/mol. The molecule has 0 saturated carbocycles. The summed E-state index contributed by atoms with van der Waals surface area (Å²) < 4.78 is 1.87. The SMILES string of the molecule is Cc1cc(C(NN)c2c(Cl)cnn2C(C)C)ccc1Cl. The maximum absolute atomic E-state index is 6.28. The lowest BCUT2D eigenvalue weighted by molar-refractivity contribution is 0.476. The second kappa shape index (κ2) is 6.14. The average Bonchev–Trinajstić information content (AvgIpc) is 2.77. The van der Waals surface area contributed by atoms with Crippen LogP contribution in [-0.2, 0) is 0 Å². The van der Waals surface area contributed by atoms with Crippen LogP contribution in [0, 0.1) is 6.92 Å². The molecule has 1 aromatic carbocycles. The minimum absolute atomic E-state index is 0.196. The van der Waals surface area contributed by atoms with Crippen LogP contribution in [0.2, 0.25) is 10.0 Å². The van der Waals surface area contributed by atoms with Gasteiger partial charge in [-0.2, -0.15) is 5.10 Å². The van der Waals surface area contributed by atoms with Gasteiger partial charge in [0.25, 0.3) is 0 Å². The van der Waals surface area contributed by atoms with E-state index in [9.17, 15) is 0 Å². The van der Waals surface area contributed by atoms with Gasteiger partial charge in [-0.05, 0) is 38.0 Å². The van der Waals surface area contributed by atoms with Gasteiger partial charge < -0.3 is 0 Å². The van der Waals surface area contributed by atoms with Crippen LogP contribution < -0.4 is 11.3 Å². The molecule has 0 spiro atoms. The van der Waals surface area contributed by atoms with E-state index in [0.717, 1.165) is 21.8 Å². The van der Waals surface area contributed by atoms with E-state index in [1.165, 1.54) is 0 Å². The molecule has 108 valence electrons. The van der Waals surface area contributed by atoms with Gasteiger partial charge in [0.15, 0.2) is 0 Å². The number of rotatable bonds is 4. The van der Waals surface area contributed by atoms with Gasteiger partial charge in [0, 0.05) is 11.1 Å². The van der Waals surface area contributed by atoms with Crippen molar-refractivity contribution in [2.75, 3.05) is 0 Å². The Morgan fingerprint density at radius 3 is 2.50 bits per heavy atom. The van der Waals surface area contributed by atoms with Crippen molar-refractivity contribution in [2.45, 2.75) is 32.9 Å². The predicted octanol–water partition coefficient (Wildman–Crippen LogP) is 3.63. The van der Waals surface area contributed by atoms with Gasteiger partial charge in [0.1, 0.15) is 0 Å². The topological polar surface area (TPSA) is 55.9 Å². The Labute approximate surface area is 128 Å². The number of nitrogens with two attached hydrogens (primary N) is 1. The second-order valence-corrected chi connectivity index (χ2v) is 5.84. The van der Waals surface area contributed by atoms with Crippen LogP contribution in [0.15, 0.2) is 24.4 Å². The van der Waals surface area contributed by atoms with E-state index in [-0.39, 0.29) is 12.1 Å². The summed E-state index contributed by atoms with van der Waals surface area (Å²) >= 11 is 12.3. The Hall–Kier alpha value is -1.07. The summed E-state index contributed by atoms with van der Waals surface area (Å²) in [5.74, 6) is 5.74. The Kier molecular flexibility index (Phi) is 4.70. The highest BCUT2D eigenvalue weighted by atomic mass is 35.5. The van der Waals surface area contributed by atoms with E-state index in [1.54, 1.807) is 6.20 Å². The largest absolute Gasteiger partial charge is 0.271 e. The molecule has 0 bridgehead atoms. The molecule has 0 saturated heterocycles. The van der Waals surface area contributed by atoms with Crippen LogP contribution in [0.25, 0.3) is 0 Å². The number of hydrogen-bond donors (Lipinski definition) is 2. The highest BCUT2D eigenvalue weighted by molar-refractivity contribution is 6.31. The lowest BCUT2D eigenvalue weighted by atomic mass is 10.0. The number of aryl methyl sites for hydroxylation is 1. The third-order valence-electron chi connectivity index (χ3n) is 3.23. The van der Waals surface area contributed by atoms with Crippen molar-refractivity contribution in [3.8, 4) is 0 Å². The number of nitrogens with one attached hydrogen (secondary N) is 1. The fourth-order valence-electron chi connectivity index (χ4n) is 2.21. The van der Waals surface area contributed by atoms with E-state index in [4.69, 9.17) is 29.0 Å². The number of hydrogen-bond acceptors (Lipinski definition) is 3. The van der Waals surface area contributed by atoms with Gasteiger partial charge in [-0.25, -0.2) is 5.43 Å². The number of nitrogens with zero attached hydrogens (tertiary/aromatic N) is 2. The van der Waals surface area contributed by atoms with E-state index in [2.05, 4.69) is 10.5 Å². The Morgan fingerprint density at radius 1 is 1.25 bits per heavy atom. The van der Waals surface area contributed by atoms with Crippen LogP contribution in [0.4, 0.5) is 0 Å². The van der Waals surface area contributed by atoms with Crippen molar-refractivity contribution in [2.24, 2.45) is 5.84 Å². The smallest absolute Gasteiger partial charge is 0.0893 e. The average molecular weight is 313 g/mol. The molecule has 1 aromatic heterocycles. The fourth-order valence-corrected chi connectivity index (χ4v) is 2.57. The van der Waals surface area contributed by atoms with Gasteiger partial charge >= 0.3 is 0 Å². The molecule has 1 heterocycles. The molecule has 0 amide bonds. The lowest BCUT2D eigenvalue weighted by Gasteiger charge is -2.21. The highest BCUT2D eigenvalue weighted by Gasteiger charge is 2.22. The van der Waals surface area contributed by atoms with Gasteiger partial charge in [0.05, 0.1) is 23.0 Å². The van der Waals surface area contributed by atoms with Crippen molar-refractivity contribution in [1.82, 2.24) is 15.2 Å². The molecule has 20 heavy (non-hydrogen) atoms. The van der Waals surface area contributed by atoms with Crippen molar-refractivity contribution in [3.63, 3.8) is 0 Å². The van der Waals surface area contributed by atoms with E-state index in [0.29, 0.717) is 5.02 Å². The predicted molar refractivity (Wildman–Crippen MR) is 83.0 cm³/mol. The molecular weight excluding hydrogens is 295 g/mol. The van der Waals surface area contributed by atoms with E-state index >= 15 is 0 Å². The molecular formula is C14H18Cl2N4. The first-order chi connectivity index (χ1) is 9.45. The molecule has 0 aliphatic rings. The highest BCUT2D eigenvalue weighted by Crippen LogP contribution is 2.31. The number of halogens is 2. The Morgan fingerprint density at radius 2 is 1.95 bits per heavy atom. The fraction of sp³-hybridized carbons (Fsp3) is 0.357. The molecule has 3 N–H and O–H groups in total. The van der Waals surface area contributed by atoms with Crippen LogP contribution in [0.3, 0.4) is 0 Å². The number of aromatic nitrogens is 2. The first kappa shape index (κ1) is 15.3. The zero-order chi connectivity index (χ0) is 14.9. The van der Waals surface area contributed by atoms with Crippen LogP contribution >= 0.6 is 23.2 Å². The maximum atomic E-state index is 6.28. The van der Waals surface area contributed by atoms with Crippen molar-refractivity contribution >= 4 is 23.2 Å². The number of hydrazine groups is 1. The van der Waals surface area contributed by atoms with Crippen LogP contribution in [0.5, 0.6) is 0 Å². The molecule has 2 rings (SSSR count). The molecule has 0 aliphatic heterocycles. The maximum Gasteiger partial charge on any atom is 0.0893 e. The van der Waals surface area contributed by atoms with Crippen molar-refractivity contribution in [3.05, 3.63) is 51.3 Å². The summed E-state index contributed by atoms with van der Waals surface area (Å²) in [4.78, 5) is 0. The third-order valence-corrected chi connectivity index (χ3v) is 3.95. The van der Waals surface area contributed by atoms with Gasteiger partial charge in [-0.15, -0.1) is 0 Å². The molecule has 4 nitrogen and oxygen atoms in total. The summed E-state index contributed by atoms with van der Waals surface area (Å²) in [5, 5.41) is 5.63. The Bertz CT molecular complexity index is 607. The molecule has 0 aliphatic carbocycles. The first-order valence-corrected chi connectivity index (χ1v) is 7.16.